The van der Waals surface area contributed by atoms with E-state index in [1.807, 2.05) is 37.3 Å². The van der Waals surface area contributed by atoms with Crippen LogP contribution >= 0.6 is 11.3 Å². The van der Waals surface area contributed by atoms with Crippen LogP contribution in [0.3, 0.4) is 0 Å². The molecule has 2 N–H and O–H groups in total. The van der Waals surface area contributed by atoms with Crippen LogP contribution in [0.5, 0.6) is 5.75 Å². The minimum Gasteiger partial charge on any atom is -0.496 e. The Kier molecular flexibility index (Phi) is 6.36. The molecule has 5 rings (SSSR count). The molecule has 3 aromatic heterocycles. The lowest BCUT2D eigenvalue weighted by molar-refractivity contribution is 0.0997. The summed E-state index contributed by atoms with van der Waals surface area (Å²) < 4.78 is 11.1. The van der Waals surface area contributed by atoms with Crippen molar-refractivity contribution in [2.45, 2.75) is 38.6 Å². The van der Waals surface area contributed by atoms with Crippen LogP contribution < -0.4 is 15.4 Å². The van der Waals surface area contributed by atoms with Gasteiger partial charge in [-0.2, -0.15) is 0 Å². The van der Waals surface area contributed by atoms with Gasteiger partial charge in [0.25, 0.3) is 5.91 Å². The number of nitrogens with one attached hydrogen (secondary N) is 2. The van der Waals surface area contributed by atoms with Crippen LogP contribution in [0.15, 0.2) is 65.4 Å². The van der Waals surface area contributed by atoms with Crippen molar-refractivity contribution in [2.24, 2.45) is 0 Å². The fourth-order valence-electron chi connectivity index (χ4n) is 4.53. The van der Waals surface area contributed by atoms with Crippen molar-refractivity contribution in [3.63, 3.8) is 0 Å². The Morgan fingerprint density at radius 2 is 2.00 bits per heavy atom. The highest BCUT2D eigenvalue weighted by atomic mass is 32.1. The third-order valence-corrected chi connectivity index (χ3v) is 7.35. The number of methoxy groups -OCH3 is 1. The molecule has 0 saturated heterocycles. The number of nitrogens with zero attached hydrogens (tertiary/aromatic N) is 1. The van der Waals surface area contributed by atoms with Crippen molar-refractivity contribution < 1.29 is 13.9 Å². The zero-order valence-corrected chi connectivity index (χ0v) is 20.1. The van der Waals surface area contributed by atoms with Gasteiger partial charge in [-0.3, -0.25) is 4.79 Å². The Morgan fingerprint density at radius 1 is 1.15 bits per heavy atom. The third-order valence-electron chi connectivity index (χ3n) is 6.13. The number of rotatable bonds is 7. The summed E-state index contributed by atoms with van der Waals surface area (Å²) in [6, 6.07) is 15.2. The molecule has 0 radical (unpaired) electrons. The molecule has 0 aliphatic heterocycles. The monoisotopic (exact) mass is 473 g/mol. The van der Waals surface area contributed by atoms with E-state index < -0.39 is 0 Å². The second kappa shape index (κ2) is 9.73. The predicted molar refractivity (Wildman–Crippen MR) is 135 cm³/mol. The summed E-state index contributed by atoms with van der Waals surface area (Å²) >= 11 is 1.66. The first-order chi connectivity index (χ1) is 16.6. The Morgan fingerprint density at radius 3 is 2.79 bits per heavy atom. The molecular formula is C27H27N3O3S. The summed E-state index contributed by atoms with van der Waals surface area (Å²) in [4.78, 5) is 18.9. The molecule has 1 aliphatic rings. The van der Waals surface area contributed by atoms with Gasteiger partial charge in [0.15, 0.2) is 5.76 Å². The molecule has 174 valence electrons. The van der Waals surface area contributed by atoms with Crippen LogP contribution in [-0.2, 0) is 12.8 Å². The summed E-state index contributed by atoms with van der Waals surface area (Å²) in [6.45, 7) is 2.05. The number of aromatic nitrogens is 1. The molecule has 1 amide bonds. The van der Waals surface area contributed by atoms with E-state index in [1.165, 1.54) is 16.7 Å². The first-order valence-corrected chi connectivity index (χ1v) is 12.3. The number of carbonyl (C=O) groups excluding carboxylic acids is 1. The third kappa shape index (κ3) is 4.43. The lowest BCUT2D eigenvalue weighted by Crippen LogP contribution is -2.19. The number of para-hydroxylation sites is 1. The molecule has 0 spiro atoms. The van der Waals surface area contributed by atoms with Crippen LogP contribution in [0.2, 0.25) is 0 Å². The van der Waals surface area contributed by atoms with Gasteiger partial charge in [0.1, 0.15) is 16.6 Å². The maximum Gasteiger partial charge on any atom is 0.291 e. The molecule has 1 aliphatic carbocycles. The van der Waals surface area contributed by atoms with E-state index in [-0.39, 0.29) is 11.9 Å². The molecule has 0 bridgehead atoms. The number of ether oxygens (including phenoxy) is 1. The van der Waals surface area contributed by atoms with Crippen LogP contribution in [0.4, 0.5) is 10.8 Å². The Balaban J connectivity index is 1.65. The van der Waals surface area contributed by atoms with Gasteiger partial charge in [-0.25, -0.2) is 4.98 Å². The predicted octanol–water partition coefficient (Wildman–Crippen LogP) is 6.39. The van der Waals surface area contributed by atoms with Crippen molar-refractivity contribution in [2.75, 3.05) is 17.7 Å². The molecule has 0 fully saturated rings. The highest BCUT2D eigenvalue weighted by molar-refractivity contribution is 7.16. The minimum absolute atomic E-state index is 0.252. The highest BCUT2D eigenvalue weighted by Gasteiger charge is 2.30. The number of carbonyl (C=O) groups is 1. The number of pyridine rings is 1. The molecule has 3 heterocycles. The zero-order valence-electron chi connectivity index (χ0n) is 19.3. The average Bonchev–Trinajstić information content (AvgIpc) is 3.51. The van der Waals surface area contributed by atoms with Crippen molar-refractivity contribution >= 4 is 28.1 Å². The Bertz CT molecular complexity index is 1300. The van der Waals surface area contributed by atoms with Gasteiger partial charge in [0, 0.05) is 22.2 Å². The van der Waals surface area contributed by atoms with Crippen LogP contribution in [0.1, 0.15) is 56.6 Å². The quantitative estimate of drug-likeness (QED) is 0.325. The molecule has 1 atom stereocenters. The Labute approximate surface area is 203 Å². The van der Waals surface area contributed by atoms with Gasteiger partial charge in [0.2, 0.25) is 0 Å². The normalized spacial score (nSPS) is 13.7. The SMILES string of the molecule is COc1ccccc1[C@@H](Nc1cc(C)ccn1)c1c(NC(=O)c2ccco2)sc2c1CCCC2. The number of aryl methyl sites for hydroxylation is 2. The van der Waals surface area contributed by atoms with E-state index in [0.717, 1.165) is 58.9 Å². The summed E-state index contributed by atoms with van der Waals surface area (Å²) in [7, 11) is 1.68. The van der Waals surface area contributed by atoms with Gasteiger partial charge in [-0.05, 0) is 74.1 Å². The summed E-state index contributed by atoms with van der Waals surface area (Å²) in [5.41, 5.74) is 4.50. The number of fused-ring (bicyclic) bond motifs is 1. The van der Waals surface area contributed by atoms with Gasteiger partial charge in [-0.1, -0.05) is 18.2 Å². The number of hydrogen-bond acceptors (Lipinski definition) is 6. The van der Waals surface area contributed by atoms with E-state index in [2.05, 4.69) is 21.7 Å². The maximum atomic E-state index is 13.0. The smallest absolute Gasteiger partial charge is 0.291 e. The first-order valence-electron chi connectivity index (χ1n) is 11.5. The molecule has 6 nitrogen and oxygen atoms in total. The first kappa shape index (κ1) is 22.2. The molecular weight excluding hydrogens is 446 g/mol. The second-order valence-electron chi connectivity index (χ2n) is 8.42. The summed E-state index contributed by atoms with van der Waals surface area (Å²) in [5, 5.41) is 7.63. The summed E-state index contributed by atoms with van der Waals surface area (Å²) in [5.74, 6) is 1.60. The standard InChI is InChI=1S/C27H27N3O3S/c1-17-13-14-28-23(16-17)29-25(18-8-3-5-10-20(18)32-2)24-19-9-4-6-12-22(19)34-27(24)30-26(31)21-11-7-15-33-21/h3,5,7-8,10-11,13-16,25H,4,6,9,12H2,1-2H3,(H,28,29)(H,30,31)/t25-/m1/s1. The van der Waals surface area contributed by atoms with Gasteiger partial charge < -0.3 is 19.8 Å². The molecule has 7 heteroatoms. The van der Waals surface area contributed by atoms with Gasteiger partial charge in [0.05, 0.1) is 19.4 Å². The largest absolute Gasteiger partial charge is 0.496 e. The maximum absolute atomic E-state index is 13.0. The minimum atomic E-state index is -0.254. The van der Waals surface area contributed by atoms with E-state index in [9.17, 15) is 4.79 Å². The van der Waals surface area contributed by atoms with Crippen LogP contribution in [0, 0.1) is 6.92 Å². The highest BCUT2D eigenvalue weighted by Crippen LogP contribution is 2.46. The number of furan rings is 1. The van der Waals surface area contributed by atoms with Gasteiger partial charge in [-0.15, -0.1) is 11.3 Å². The van der Waals surface area contributed by atoms with Crippen molar-refractivity contribution in [3.8, 4) is 5.75 Å². The van der Waals surface area contributed by atoms with E-state index in [1.54, 1.807) is 36.8 Å². The van der Waals surface area contributed by atoms with Crippen LogP contribution in [-0.4, -0.2) is 18.0 Å². The van der Waals surface area contributed by atoms with Crippen molar-refractivity contribution in [3.05, 3.63) is 93.9 Å². The Hall–Kier alpha value is -3.58. The zero-order chi connectivity index (χ0) is 23.5. The van der Waals surface area contributed by atoms with E-state index in [0.29, 0.717) is 5.76 Å². The van der Waals surface area contributed by atoms with Gasteiger partial charge >= 0.3 is 0 Å². The lowest BCUT2D eigenvalue weighted by atomic mass is 9.89. The lowest BCUT2D eigenvalue weighted by Gasteiger charge is -2.25. The molecule has 0 saturated carbocycles. The molecule has 1 aromatic carbocycles. The molecule has 0 unspecified atom stereocenters. The van der Waals surface area contributed by atoms with E-state index in [4.69, 9.17) is 9.15 Å². The fraction of sp³-hybridized carbons (Fsp3) is 0.259. The number of amides is 1. The van der Waals surface area contributed by atoms with Crippen LogP contribution in [0.25, 0.3) is 0 Å². The second-order valence-corrected chi connectivity index (χ2v) is 9.53. The topological polar surface area (TPSA) is 76.4 Å². The summed E-state index contributed by atoms with van der Waals surface area (Å²) in [6.07, 6.45) is 7.60. The number of anilines is 2. The van der Waals surface area contributed by atoms with Crippen molar-refractivity contribution in [1.29, 1.82) is 0 Å². The number of hydrogen-bond donors (Lipinski definition) is 2. The fourth-order valence-corrected chi connectivity index (χ4v) is 5.86. The number of thiophene rings is 1. The van der Waals surface area contributed by atoms with E-state index >= 15 is 0 Å². The number of benzene rings is 1. The van der Waals surface area contributed by atoms with Crippen molar-refractivity contribution in [1.82, 2.24) is 4.98 Å². The average molecular weight is 474 g/mol. The molecule has 4 aromatic rings. The molecule has 34 heavy (non-hydrogen) atoms.